The zero-order valence-corrected chi connectivity index (χ0v) is 22.4. The van der Waals surface area contributed by atoms with Gasteiger partial charge in [-0.15, -0.1) is 0 Å². The van der Waals surface area contributed by atoms with E-state index in [1.807, 2.05) is 0 Å². The monoisotopic (exact) mass is 436 g/mol. The maximum Gasteiger partial charge on any atom is 1.00 e. The van der Waals surface area contributed by atoms with Crippen molar-refractivity contribution in [1.29, 1.82) is 0 Å². The van der Waals surface area contributed by atoms with Crippen molar-refractivity contribution in [3.63, 3.8) is 0 Å². The fourth-order valence-electron chi connectivity index (χ4n) is 9.23. The fraction of sp³-hybridized carbons (Fsp3) is 0.960. The van der Waals surface area contributed by atoms with Gasteiger partial charge in [0.05, 0.1) is 6.10 Å². The summed E-state index contributed by atoms with van der Waals surface area (Å²) in [5.74, 6) is 5.76. The molecule has 0 amide bonds. The molecule has 1 aromatic rings. The summed E-state index contributed by atoms with van der Waals surface area (Å²) in [6.45, 7) is 10.0. The molecule has 4 aliphatic rings. The van der Waals surface area contributed by atoms with Gasteiger partial charge in [0.15, 0.2) is 0 Å². The van der Waals surface area contributed by atoms with Gasteiger partial charge in [0.1, 0.15) is 0 Å². The fourth-order valence-corrected chi connectivity index (χ4v) is 9.23. The van der Waals surface area contributed by atoms with Crippen LogP contribution in [0.4, 0.5) is 0 Å². The van der Waals surface area contributed by atoms with Crippen LogP contribution in [-0.2, 0) is 6.42 Å². The largest absolute Gasteiger partial charge is 1.00 e. The second kappa shape index (κ2) is 9.00. The Morgan fingerprint density at radius 1 is 1.06 bits per heavy atom. The molecule has 4 saturated carbocycles. The Morgan fingerprint density at radius 3 is 2.55 bits per heavy atom. The summed E-state index contributed by atoms with van der Waals surface area (Å²) in [6.07, 6.45) is 12.4. The molecule has 0 aliphatic heterocycles. The summed E-state index contributed by atoms with van der Waals surface area (Å²) in [5, 5.41) is 26.7. The minimum Gasteiger partial charge on any atom is -0.393 e. The quantitative estimate of drug-likeness (QED) is 0.727. The standard InChI is InChI=1S/C25H41N4O.Na/c1-15-9-11-24(3)17(13-15)14-21(30)23-19-7-6-18(25(19,4)12-10-20(23)24)16(2)5-8-22-26-28-29-27-22;/h15-21,23,30H,5-14H2,1-4H3;/q-1;+1/t15-,16-,17+,18-,19+,20+,21-,23+,24+,25-;/m1./s1. The molecule has 0 saturated heterocycles. The van der Waals surface area contributed by atoms with Gasteiger partial charge in [-0.1, -0.05) is 34.1 Å². The Hall–Kier alpha value is 0.0300. The smallest absolute Gasteiger partial charge is 0.393 e. The second-order valence-electron chi connectivity index (χ2n) is 12.2. The third-order valence-corrected chi connectivity index (χ3v) is 10.9. The molecule has 0 radical (unpaired) electrons. The van der Waals surface area contributed by atoms with E-state index in [-0.39, 0.29) is 35.7 Å². The van der Waals surface area contributed by atoms with Gasteiger partial charge >= 0.3 is 29.6 Å². The van der Waals surface area contributed by atoms with Crippen LogP contribution in [0.2, 0.25) is 0 Å². The van der Waals surface area contributed by atoms with Gasteiger partial charge in [-0.25, -0.2) is 0 Å². The average Bonchev–Trinajstić information content (AvgIpc) is 3.35. The van der Waals surface area contributed by atoms with Gasteiger partial charge in [0.2, 0.25) is 0 Å². The molecular weight excluding hydrogens is 395 g/mol. The molecule has 1 aromatic heterocycles. The van der Waals surface area contributed by atoms with Crippen LogP contribution in [-0.4, -0.2) is 26.7 Å². The number of hydrogen-bond donors (Lipinski definition) is 1. The number of tetrazole rings is 1. The maximum atomic E-state index is 11.4. The van der Waals surface area contributed by atoms with E-state index >= 15 is 0 Å². The van der Waals surface area contributed by atoms with E-state index in [1.165, 1.54) is 44.9 Å². The van der Waals surface area contributed by atoms with E-state index in [1.54, 1.807) is 0 Å². The van der Waals surface area contributed by atoms with Gasteiger partial charge in [0.25, 0.3) is 0 Å². The number of aromatic nitrogens is 4. The summed E-state index contributed by atoms with van der Waals surface area (Å²) in [4.78, 5) is 0. The number of aryl methyl sites for hydroxylation is 1. The molecule has 4 aliphatic carbocycles. The van der Waals surface area contributed by atoms with Gasteiger partial charge in [0, 0.05) is 5.82 Å². The predicted octanol–water partition coefficient (Wildman–Crippen LogP) is 1.67. The molecule has 0 spiro atoms. The van der Waals surface area contributed by atoms with Gasteiger partial charge in [-0.3, -0.25) is 10.3 Å². The Kier molecular flexibility index (Phi) is 7.01. The van der Waals surface area contributed by atoms with E-state index in [0.29, 0.717) is 28.6 Å². The van der Waals surface area contributed by atoms with Crippen LogP contribution in [0.25, 0.3) is 0 Å². The number of aliphatic hydroxyl groups excluding tert-OH is 1. The second-order valence-corrected chi connectivity index (χ2v) is 12.2. The van der Waals surface area contributed by atoms with Crippen LogP contribution < -0.4 is 34.7 Å². The van der Waals surface area contributed by atoms with Crippen molar-refractivity contribution in [2.45, 2.75) is 98.0 Å². The summed E-state index contributed by atoms with van der Waals surface area (Å²) in [5.41, 5.74) is 0.854. The van der Waals surface area contributed by atoms with Crippen molar-refractivity contribution in [3.8, 4) is 0 Å². The number of nitrogens with zero attached hydrogens (tertiary/aromatic N) is 4. The molecule has 0 aromatic carbocycles. The zero-order valence-electron chi connectivity index (χ0n) is 20.4. The molecule has 168 valence electrons. The minimum atomic E-state index is -0.0769. The molecule has 1 heterocycles. The Balaban J connectivity index is 0.00000231. The first-order valence-electron chi connectivity index (χ1n) is 12.7. The van der Waals surface area contributed by atoms with Crippen molar-refractivity contribution in [3.05, 3.63) is 5.82 Å². The van der Waals surface area contributed by atoms with Crippen molar-refractivity contribution < 1.29 is 34.7 Å². The van der Waals surface area contributed by atoms with Crippen LogP contribution in [0.3, 0.4) is 0 Å². The maximum absolute atomic E-state index is 11.4. The molecule has 6 heteroatoms. The molecular formula is C25H41N4NaO. The summed E-state index contributed by atoms with van der Waals surface area (Å²) in [7, 11) is 0. The average molecular weight is 437 g/mol. The molecule has 31 heavy (non-hydrogen) atoms. The van der Waals surface area contributed by atoms with Crippen LogP contribution in [0, 0.1) is 52.3 Å². The van der Waals surface area contributed by atoms with E-state index < -0.39 is 0 Å². The Labute approximate surface area is 210 Å². The van der Waals surface area contributed by atoms with Crippen LogP contribution in [0.1, 0.15) is 91.3 Å². The van der Waals surface area contributed by atoms with Gasteiger partial charge in [-0.2, -0.15) is 5.21 Å². The summed E-state index contributed by atoms with van der Waals surface area (Å²) in [6, 6.07) is 0. The number of hydrogen-bond acceptors (Lipinski definition) is 4. The van der Waals surface area contributed by atoms with Crippen LogP contribution >= 0.6 is 0 Å². The number of aliphatic hydroxyl groups is 1. The molecule has 0 bridgehead atoms. The number of rotatable bonds is 4. The van der Waals surface area contributed by atoms with E-state index in [9.17, 15) is 5.11 Å². The van der Waals surface area contributed by atoms with E-state index in [0.717, 1.165) is 48.8 Å². The van der Waals surface area contributed by atoms with E-state index in [4.69, 9.17) is 0 Å². The summed E-state index contributed by atoms with van der Waals surface area (Å²) >= 11 is 0. The Bertz CT molecular complexity index is 744. The third kappa shape index (κ3) is 3.98. The Morgan fingerprint density at radius 2 is 1.81 bits per heavy atom. The van der Waals surface area contributed by atoms with E-state index in [2.05, 4.69) is 48.3 Å². The number of fused-ring (bicyclic) bond motifs is 5. The van der Waals surface area contributed by atoms with Crippen molar-refractivity contribution >= 4 is 0 Å². The first-order valence-corrected chi connectivity index (χ1v) is 12.7. The molecule has 1 N–H and O–H groups in total. The van der Waals surface area contributed by atoms with Gasteiger partial charge in [-0.05, 0) is 110 Å². The first-order chi connectivity index (χ1) is 14.3. The zero-order chi connectivity index (χ0) is 21.1. The molecule has 5 nitrogen and oxygen atoms in total. The van der Waals surface area contributed by atoms with Crippen LogP contribution in [0.15, 0.2) is 0 Å². The molecule has 0 unspecified atom stereocenters. The van der Waals surface area contributed by atoms with Crippen LogP contribution in [0.5, 0.6) is 0 Å². The summed E-state index contributed by atoms with van der Waals surface area (Å²) < 4.78 is 0. The van der Waals surface area contributed by atoms with Gasteiger partial charge < -0.3 is 10.2 Å². The normalized spacial score (nSPS) is 47.6. The third-order valence-electron chi connectivity index (χ3n) is 10.9. The molecule has 4 fully saturated rings. The van der Waals surface area contributed by atoms with Crippen molar-refractivity contribution in [2.24, 2.45) is 52.3 Å². The topological polar surface area (TPSA) is 73.0 Å². The molecule has 10 atom stereocenters. The van der Waals surface area contributed by atoms with Crippen molar-refractivity contribution in [1.82, 2.24) is 20.6 Å². The minimum absolute atomic E-state index is 0. The SMILES string of the molecule is C[C@@H]1CC[C@@]2(C)[C@@H](C1)C[C@@H](O)[C@@H]1[C@@H]2CC[C@]2(C)[C@@H]([C@H](C)CCc3nnn[n-]3)CC[C@@H]12.[Na+]. The predicted molar refractivity (Wildman–Crippen MR) is 116 cm³/mol. The van der Waals surface area contributed by atoms with Crippen molar-refractivity contribution in [2.75, 3.05) is 0 Å². The first kappa shape index (κ1) is 24.2. The molecule has 5 rings (SSSR count).